The number of fused-ring (bicyclic) bond motifs is 1. The number of aryl methyl sites for hydroxylation is 1. The number of carbonyl (C=O) groups is 1. The van der Waals surface area contributed by atoms with Crippen LogP contribution in [0, 0.1) is 18.6 Å². The van der Waals surface area contributed by atoms with E-state index < -0.39 is 34.9 Å². The summed E-state index contributed by atoms with van der Waals surface area (Å²) in [6.45, 7) is 8.76. The number of aromatic nitrogens is 2. The van der Waals surface area contributed by atoms with Gasteiger partial charge in [0, 0.05) is 6.07 Å². The third-order valence-electron chi connectivity index (χ3n) is 4.65. The number of nitrogens with one attached hydrogen (secondary N) is 1. The number of ether oxygens (including phenoxy) is 1. The molecule has 0 bridgehead atoms. The first kappa shape index (κ1) is 22.4. The molecule has 1 N–H and O–H groups in total. The molecule has 0 aliphatic rings. The number of nitrogens with zero attached hydrogens (tertiary/aromatic N) is 2. The number of hydrogen-bond donors (Lipinski definition) is 1. The minimum Gasteiger partial charge on any atom is -0.444 e. The molecule has 2 aromatic carbocycles. The van der Waals surface area contributed by atoms with Crippen LogP contribution in [-0.4, -0.2) is 21.2 Å². The summed E-state index contributed by atoms with van der Waals surface area (Å²) in [5.74, 6) is -1.50. The van der Waals surface area contributed by atoms with Crippen molar-refractivity contribution in [1.82, 2.24) is 14.9 Å². The highest BCUT2D eigenvalue weighted by atomic mass is 19.1. The average Bonchev–Trinajstić information content (AvgIpc) is 2.63. The van der Waals surface area contributed by atoms with Gasteiger partial charge in [-0.3, -0.25) is 9.36 Å². The smallest absolute Gasteiger partial charge is 0.408 e. The molecule has 0 spiro atoms. The lowest BCUT2D eigenvalue weighted by atomic mass is 10.1. The van der Waals surface area contributed by atoms with Gasteiger partial charge in [-0.05, 0) is 57.9 Å². The maximum absolute atomic E-state index is 14.0. The predicted molar refractivity (Wildman–Crippen MR) is 114 cm³/mol. The standard InChI is InChI=1S/C23H25F2N3O3/c1-6-17(27-22(30)31-23(3,4)5)20-26-18-9-7-8-13(2)19(18)21(29)28(20)16-11-14(24)10-15(25)12-16/h7-12,17H,6H2,1-5H3,(H,27,30). The first-order chi connectivity index (χ1) is 14.5. The molecule has 0 aliphatic carbocycles. The molecule has 0 saturated heterocycles. The van der Waals surface area contributed by atoms with Crippen LogP contribution >= 0.6 is 0 Å². The molecule has 31 heavy (non-hydrogen) atoms. The van der Waals surface area contributed by atoms with Crippen LogP contribution in [0.25, 0.3) is 16.6 Å². The monoisotopic (exact) mass is 429 g/mol. The highest BCUT2D eigenvalue weighted by molar-refractivity contribution is 5.81. The van der Waals surface area contributed by atoms with Crippen LogP contribution in [0.2, 0.25) is 0 Å². The van der Waals surface area contributed by atoms with Crippen molar-refractivity contribution in [1.29, 1.82) is 0 Å². The Labute approximate surface area is 178 Å². The summed E-state index contributed by atoms with van der Waals surface area (Å²) in [7, 11) is 0. The molecular weight excluding hydrogens is 404 g/mol. The number of alkyl carbamates (subject to hydrolysis) is 1. The zero-order chi connectivity index (χ0) is 22.9. The van der Waals surface area contributed by atoms with Crippen molar-refractivity contribution >= 4 is 17.0 Å². The third kappa shape index (κ3) is 4.90. The molecule has 0 aliphatic heterocycles. The Balaban J connectivity index is 2.26. The molecule has 3 aromatic rings. The van der Waals surface area contributed by atoms with Crippen LogP contribution in [0.4, 0.5) is 13.6 Å². The minimum absolute atomic E-state index is 0.0143. The van der Waals surface area contributed by atoms with Crippen LogP contribution < -0.4 is 10.9 Å². The lowest BCUT2D eigenvalue weighted by Crippen LogP contribution is -2.37. The van der Waals surface area contributed by atoms with Gasteiger partial charge < -0.3 is 10.1 Å². The second-order valence-corrected chi connectivity index (χ2v) is 8.31. The molecule has 6 nitrogen and oxygen atoms in total. The van der Waals surface area contributed by atoms with Crippen LogP contribution in [0.15, 0.2) is 41.2 Å². The largest absolute Gasteiger partial charge is 0.444 e. The van der Waals surface area contributed by atoms with Gasteiger partial charge in [-0.25, -0.2) is 18.6 Å². The summed E-state index contributed by atoms with van der Waals surface area (Å²) in [5, 5.41) is 3.05. The van der Waals surface area contributed by atoms with Gasteiger partial charge in [-0.2, -0.15) is 0 Å². The van der Waals surface area contributed by atoms with Crippen molar-refractivity contribution in [2.24, 2.45) is 0 Å². The summed E-state index contributed by atoms with van der Waals surface area (Å²) in [5.41, 5.74) is -0.105. The first-order valence-corrected chi connectivity index (χ1v) is 9.98. The van der Waals surface area contributed by atoms with Crippen molar-refractivity contribution in [3.05, 3.63) is 69.8 Å². The quantitative estimate of drug-likeness (QED) is 0.637. The molecule has 1 amide bonds. The zero-order valence-corrected chi connectivity index (χ0v) is 18.1. The van der Waals surface area contributed by atoms with E-state index >= 15 is 0 Å². The Hall–Kier alpha value is -3.29. The van der Waals surface area contributed by atoms with E-state index in [-0.39, 0.29) is 11.5 Å². The van der Waals surface area contributed by atoms with Gasteiger partial charge in [0.25, 0.3) is 5.56 Å². The molecule has 164 valence electrons. The highest BCUT2D eigenvalue weighted by Crippen LogP contribution is 2.23. The summed E-state index contributed by atoms with van der Waals surface area (Å²) in [4.78, 5) is 30.5. The van der Waals surface area contributed by atoms with Crippen LogP contribution in [0.5, 0.6) is 0 Å². The second-order valence-electron chi connectivity index (χ2n) is 8.31. The molecule has 1 unspecified atom stereocenters. The summed E-state index contributed by atoms with van der Waals surface area (Å²) in [6, 6.07) is 7.31. The number of hydrogen-bond acceptors (Lipinski definition) is 4. The van der Waals surface area contributed by atoms with Crippen molar-refractivity contribution in [2.75, 3.05) is 0 Å². The molecule has 0 saturated carbocycles. The molecule has 8 heteroatoms. The maximum atomic E-state index is 14.0. The number of amides is 1. The molecule has 3 rings (SSSR count). The van der Waals surface area contributed by atoms with Crippen LogP contribution in [0.1, 0.15) is 51.5 Å². The van der Waals surface area contributed by atoms with Crippen LogP contribution in [-0.2, 0) is 4.74 Å². The zero-order valence-electron chi connectivity index (χ0n) is 18.1. The van der Waals surface area contributed by atoms with Gasteiger partial charge in [0.05, 0.1) is 22.6 Å². The van der Waals surface area contributed by atoms with Crippen molar-refractivity contribution in [3.8, 4) is 5.69 Å². The van der Waals surface area contributed by atoms with E-state index in [9.17, 15) is 18.4 Å². The number of rotatable bonds is 4. The summed E-state index contributed by atoms with van der Waals surface area (Å²) >= 11 is 0. The van der Waals surface area contributed by atoms with E-state index in [2.05, 4.69) is 10.3 Å². The highest BCUT2D eigenvalue weighted by Gasteiger charge is 2.25. The number of benzene rings is 2. The number of carbonyl (C=O) groups excluding carboxylic acids is 1. The van der Waals surface area contributed by atoms with Crippen molar-refractivity contribution in [2.45, 2.75) is 52.7 Å². The fourth-order valence-corrected chi connectivity index (χ4v) is 3.36. The van der Waals surface area contributed by atoms with E-state index in [0.717, 1.165) is 22.8 Å². The Morgan fingerprint density at radius 1 is 1.19 bits per heavy atom. The van der Waals surface area contributed by atoms with Gasteiger partial charge in [0.2, 0.25) is 0 Å². The van der Waals surface area contributed by atoms with E-state index in [1.54, 1.807) is 52.8 Å². The summed E-state index contributed by atoms with van der Waals surface area (Å²) < 4.78 is 34.4. The van der Waals surface area contributed by atoms with Gasteiger partial charge in [0.1, 0.15) is 23.1 Å². The Kier molecular flexibility index (Phi) is 6.10. The fourth-order valence-electron chi connectivity index (χ4n) is 3.36. The van der Waals surface area contributed by atoms with Crippen molar-refractivity contribution < 1.29 is 18.3 Å². The average molecular weight is 429 g/mol. The van der Waals surface area contributed by atoms with Gasteiger partial charge in [-0.1, -0.05) is 19.1 Å². The Morgan fingerprint density at radius 2 is 1.84 bits per heavy atom. The van der Waals surface area contributed by atoms with Gasteiger partial charge in [-0.15, -0.1) is 0 Å². The third-order valence-corrected chi connectivity index (χ3v) is 4.65. The van der Waals surface area contributed by atoms with E-state index in [1.807, 2.05) is 0 Å². The van der Waals surface area contributed by atoms with E-state index in [0.29, 0.717) is 22.9 Å². The predicted octanol–water partition coefficient (Wildman–Crippen LogP) is 4.95. The van der Waals surface area contributed by atoms with Crippen LogP contribution in [0.3, 0.4) is 0 Å². The minimum atomic E-state index is -0.828. The summed E-state index contributed by atoms with van der Waals surface area (Å²) in [6.07, 6.45) is -0.323. The molecule has 1 heterocycles. The van der Waals surface area contributed by atoms with Crippen molar-refractivity contribution in [3.63, 3.8) is 0 Å². The SMILES string of the molecule is CCC(NC(=O)OC(C)(C)C)c1nc2cccc(C)c2c(=O)n1-c1cc(F)cc(F)c1. The van der Waals surface area contributed by atoms with E-state index in [4.69, 9.17) is 4.74 Å². The molecule has 0 fully saturated rings. The second kappa shape index (κ2) is 8.45. The molecule has 1 aromatic heterocycles. The fraction of sp³-hybridized carbons (Fsp3) is 0.348. The Morgan fingerprint density at radius 3 is 2.42 bits per heavy atom. The lowest BCUT2D eigenvalue weighted by molar-refractivity contribution is 0.0499. The Bertz CT molecular complexity index is 1180. The maximum Gasteiger partial charge on any atom is 0.408 e. The van der Waals surface area contributed by atoms with Gasteiger partial charge >= 0.3 is 6.09 Å². The number of halogens is 2. The van der Waals surface area contributed by atoms with E-state index in [1.165, 1.54) is 0 Å². The molecule has 1 atom stereocenters. The molecular formula is C23H25F2N3O3. The lowest BCUT2D eigenvalue weighted by Gasteiger charge is -2.25. The first-order valence-electron chi connectivity index (χ1n) is 9.98. The van der Waals surface area contributed by atoms with Gasteiger partial charge in [0.15, 0.2) is 0 Å². The topological polar surface area (TPSA) is 73.2 Å². The molecule has 0 radical (unpaired) electrons. The normalized spacial score (nSPS) is 12.6.